The monoisotopic (exact) mass is 402 g/mol. The maximum Gasteiger partial charge on any atom is 0.0908 e. The molecule has 0 radical (unpaired) electrons. The van der Waals surface area contributed by atoms with Crippen LogP contribution in [-0.4, -0.2) is 4.98 Å². The van der Waals surface area contributed by atoms with E-state index in [9.17, 15) is 0 Å². The number of aromatic nitrogens is 1. The Kier molecular flexibility index (Phi) is 4.13. The summed E-state index contributed by atoms with van der Waals surface area (Å²) < 4.78 is 0. The number of nitrogens with one attached hydrogen (secondary N) is 1. The predicted molar refractivity (Wildman–Crippen MR) is 120 cm³/mol. The molecule has 4 aliphatic rings. The van der Waals surface area contributed by atoms with Crippen molar-refractivity contribution in [3.63, 3.8) is 0 Å². The summed E-state index contributed by atoms with van der Waals surface area (Å²) in [6.45, 7) is 0. The molecule has 3 heteroatoms. The van der Waals surface area contributed by atoms with E-state index in [-0.39, 0.29) is 0 Å². The summed E-state index contributed by atoms with van der Waals surface area (Å²) >= 11 is 6.45. The summed E-state index contributed by atoms with van der Waals surface area (Å²) in [6.07, 6.45) is 10.4. The molecule has 4 aliphatic carbocycles. The van der Waals surface area contributed by atoms with Gasteiger partial charge >= 0.3 is 0 Å². The van der Waals surface area contributed by atoms with E-state index in [0.717, 1.165) is 39.4 Å². The number of hydrogen-bond acceptors (Lipinski definition) is 2. The second-order valence-corrected chi connectivity index (χ2v) is 10.2. The van der Waals surface area contributed by atoms with E-state index < -0.39 is 0 Å². The Labute approximate surface area is 177 Å². The molecule has 1 atom stereocenters. The van der Waals surface area contributed by atoms with Crippen molar-refractivity contribution in [2.24, 2.45) is 23.2 Å². The lowest BCUT2D eigenvalue weighted by Crippen LogP contribution is -2.50. The van der Waals surface area contributed by atoms with Crippen LogP contribution in [-0.2, 0) is 0 Å². The molecule has 1 heterocycles. The minimum Gasteiger partial charge on any atom is -0.377 e. The van der Waals surface area contributed by atoms with Crippen molar-refractivity contribution in [3.8, 4) is 0 Å². The van der Waals surface area contributed by atoms with Gasteiger partial charge in [0, 0.05) is 17.3 Å². The largest absolute Gasteiger partial charge is 0.377 e. The fraction of sp³-hybridized carbons (Fsp3) is 0.423. The number of benzene rings is 2. The normalized spacial score (nSPS) is 31.1. The van der Waals surface area contributed by atoms with Gasteiger partial charge in [-0.05, 0) is 79.4 Å². The molecule has 0 saturated heterocycles. The molecular formula is C26H27ClN2. The van der Waals surface area contributed by atoms with Gasteiger partial charge in [0.25, 0.3) is 0 Å². The summed E-state index contributed by atoms with van der Waals surface area (Å²) in [7, 11) is 0. The van der Waals surface area contributed by atoms with E-state index in [4.69, 9.17) is 11.6 Å². The summed E-state index contributed by atoms with van der Waals surface area (Å²) in [5.74, 6) is 2.79. The second kappa shape index (κ2) is 6.74. The number of rotatable bonds is 4. The summed E-state index contributed by atoms with van der Waals surface area (Å²) in [4.78, 5) is 4.54. The third kappa shape index (κ3) is 2.95. The Morgan fingerprint density at radius 2 is 1.55 bits per heavy atom. The van der Waals surface area contributed by atoms with Crippen molar-refractivity contribution in [1.82, 2.24) is 4.98 Å². The van der Waals surface area contributed by atoms with Gasteiger partial charge in [-0.1, -0.05) is 54.1 Å². The lowest BCUT2D eigenvalue weighted by Gasteiger charge is -2.59. The number of para-hydroxylation sites is 1. The van der Waals surface area contributed by atoms with Crippen molar-refractivity contribution in [2.75, 3.05) is 5.32 Å². The fourth-order valence-corrected chi connectivity index (χ4v) is 7.41. The first kappa shape index (κ1) is 17.8. The van der Waals surface area contributed by atoms with Crippen LogP contribution in [0.5, 0.6) is 0 Å². The highest BCUT2D eigenvalue weighted by molar-refractivity contribution is 6.35. The van der Waals surface area contributed by atoms with E-state index in [1.807, 2.05) is 18.3 Å². The third-order valence-electron chi connectivity index (χ3n) is 7.85. The number of pyridine rings is 1. The molecule has 0 spiro atoms. The molecule has 29 heavy (non-hydrogen) atoms. The molecule has 2 nitrogen and oxygen atoms in total. The zero-order valence-corrected chi connectivity index (χ0v) is 17.4. The van der Waals surface area contributed by atoms with E-state index in [1.165, 1.54) is 44.1 Å². The predicted octanol–water partition coefficient (Wildman–Crippen LogP) is 7.26. The van der Waals surface area contributed by atoms with Crippen LogP contribution >= 0.6 is 11.6 Å². The van der Waals surface area contributed by atoms with Crippen molar-refractivity contribution in [1.29, 1.82) is 0 Å². The molecule has 1 N–H and O–H groups in total. The highest BCUT2D eigenvalue weighted by Gasteiger charge is 2.54. The van der Waals surface area contributed by atoms with E-state index in [1.54, 1.807) is 0 Å². The van der Waals surface area contributed by atoms with E-state index in [2.05, 4.69) is 52.8 Å². The van der Waals surface area contributed by atoms with Crippen LogP contribution in [0.25, 0.3) is 10.9 Å². The van der Waals surface area contributed by atoms with Crippen molar-refractivity contribution in [3.05, 3.63) is 71.4 Å². The fourth-order valence-electron chi connectivity index (χ4n) is 7.19. The average Bonchev–Trinajstić information content (AvgIpc) is 2.72. The topological polar surface area (TPSA) is 24.9 Å². The first-order valence-electron chi connectivity index (χ1n) is 11.0. The van der Waals surface area contributed by atoms with E-state index in [0.29, 0.717) is 11.5 Å². The Morgan fingerprint density at radius 1 is 0.862 bits per heavy atom. The molecule has 148 valence electrons. The van der Waals surface area contributed by atoms with Gasteiger partial charge in [-0.3, -0.25) is 4.98 Å². The van der Waals surface area contributed by atoms with Gasteiger partial charge in [0.2, 0.25) is 0 Å². The molecule has 4 saturated carbocycles. The number of anilines is 1. The van der Waals surface area contributed by atoms with E-state index >= 15 is 0 Å². The summed E-state index contributed by atoms with van der Waals surface area (Å²) in [5, 5.41) is 5.86. The minimum atomic E-state index is 0.335. The van der Waals surface area contributed by atoms with Gasteiger partial charge in [0.15, 0.2) is 0 Å². The molecule has 1 aromatic heterocycles. The molecule has 1 unspecified atom stereocenters. The Bertz CT molecular complexity index is 1010. The van der Waals surface area contributed by atoms with Crippen LogP contribution in [0.15, 0.2) is 60.8 Å². The number of hydrogen-bond donors (Lipinski definition) is 1. The highest BCUT2D eigenvalue weighted by atomic mass is 35.5. The van der Waals surface area contributed by atoms with Crippen molar-refractivity contribution < 1.29 is 0 Å². The van der Waals surface area contributed by atoms with Crippen LogP contribution in [0.1, 0.15) is 50.1 Å². The first-order chi connectivity index (χ1) is 14.2. The van der Waals surface area contributed by atoms with Gasteiger partial charge in [-0.2, -0.15) is 0 Å². The molecule has 3 aromatic rings. The number of halogens is 1. The summed E-state index contributed by atoms with van der Waals surface area (Å²) in [6, 6.07) is 19.7. The summed E-state index contributed by atoms with van der Waals surface area (Å²) in [5.41, 5.74) is 3.82. The molecule has 0 aliphatic heterocycles. The van der Waals surface area contributed by atoms with Gasteiger partial charge in [-0.25, -0.2) is 0 Å². The van der Waals surface area contributed by atoms with Gasteiger partial charge in [0.05, 0.1) is 16.6 Å². The molecular weight excluding hydrogens is 376 g/mol. The van der Waals surface area contributed by atoms with Crippen molar-refractivity contribution in [2.45, 2.75) is 44.6 Å². The Morgan fingerprint density at radius 3 is 2.24 bits per heavy atom. The minimum absolute atomic E-state index is 0.335. The standard InChI is InChI=1S/C26H27ClN2/c27-22-8-4-7-21-23(9-10-28-24(21)22)29-25(20-5-2-1-3-6-20)26-14-17-11-18(15-26)13-19(12-17)16-26/h1-10,17-19,25H,11-16H2,(H,28,29). The molecule has 2 aromatic carbocycles. The quantitative estimate of drug-likeness (QED) is 0.496. The van der Waals surface area contributed by atoms with Crippen molar-refractivity contribution >= 4 is 28.2 Å². The highest BCUT2D eigenvalue weighted by Crippen LogP contribution is 2.64. The van der Waals surface area contributed by atoms with Gasteiger partial charge < -0.3 is 5.32 Å². The maximum absolute atomic E-state index is 6.45. The Hall–Kier alpha value is -2.06. The molecule has 4 fully saturated rings. The molecule has 4 bridgehead atoms. The number of fused-ring (bicyclic) bond motifs is 1. The van der Waals surface area contributed by atoms with Crippen LogP contribution in [0.2, 0.25) is 5.02 Å². The van der Waals surface area contributed by atoms with Crippen LogP contribution < -0.4 is 5.32 Å². The van der Waals surface area contributed by atoms with Crippen LogP contribution in [0.4, 0.5) is 5.69 Å². The van der Waals surface area contributed by atoms with Gasteiger partial charge in [-0.15, -0.1) is 0 Å². The SMILES string of the molecule is Clc1cccc2c(NC(c3ccccc3)C34CC5CC(CC(C5)C3)C4)ccnc12. The average molecular weight is 403 g/mol. The lowest BCUT2D eigenvalue weighted by atomic mass is 9.47. The smallest absolute Gasteiger partial charge is 0.0908 e. The Balaban J connectivity index is 1.46. The first-order valence-corrected chi connectivity index (χ1v) is 11.4. The van der Waals surface area contributed by atoms with Gasteiger partial charge in [0.1, 0.15) is 0 Å². The third-order valence-corrected chi connectivity index (χ3v) is 8.16. The van der Waals surface area contributed by atoms with Crippen LogP contribution in [0, 0.1) is 23.2 Å². The molecule has 7 rings (SSSR count). The number of nitrogens with zero attached hydrogens (tertiary/aromatic N) is 1. The zero-order chi connectivity index (χ0) is 19.4. The van der Waals surface area contributed by atoms with Crippen LogP contribution in [0.3, 0.4) is 0 Å². The zero-order valence-electron chi connectivity index (χ0n) is 16.7. The maximum atomic E-state index is 6.45. The molecule has 0 amide bonds. The second-order valence-electron chi connectivity index (χ2n) is 9.76. The lowest BCUT2D eigenvalue weighted by molar-refractivity contribution is -0.0639.